The number of nitrogens with zero attached hydrogens (tertiary/aromatic N) is 3. The molecule has 0 aromatic heterocycles. The Labute approximate surface area is 129 Å². The Morgan fingerprint density at radius 3 is 2.43 bits per heavy atom. The summed E-state index contributed by atoms with van der Waals surface area (Å²) in [5, 5.41) is 0.429. The molecule has 3 rings (SSSR count). The average molecular weight is 308 g/mol. The number of carbonyl (C=O) groups is 2. The molecule has 2 amide bonds. The van der Waals surface area contributed by atoms with Crippen LogP contribution >= 0.6 is 11.6 Å². The van der Waals surface area contributed by atoms with Crippen molar-refractivity contribution in [3.05, 3.63) is 29.3 Å². The summed E-state index contributed by atoms with van der Waals surface area (Å²) in [5.74, 6) is -0.324. The molecule has 0 saturated carbocycles. The lowest BCUT2D eigenvalue weighted by molar-refractivity contribution is -0.123. The van der Waals surface area contributed by atoms with Crippen LogP contribution in [0.2, 0.25) is 5.02 Å². The van der Waals surface area contributed by atoms with Gasteiger partial charge in [-0.2, -0.15) is 0 Å². The number of amides is 2. The number of hydrogen-bond acceptors (Lipinski definition) is 4. The highest BCUT2D eigenvalue weighted by atomic mass is 35.5. The fraction of sp³-hybridized carbons (Fsp3) is 0.467. The Bertz CT molecular complexity index is 570. The summed E-state index contributed by atoms with van der Waals surface area (Å²) in [6.07, 6.45) is 0.244. The number of piperazine rings is 1. The summed E-state index contributed by atoms with van der Waals surface area (Å²) in [4.78, 5) is 30.5. The molecule has 0 bridgehead atoms. The van der Waals surface area contributed by atoms with E-state index < -0.39 is 0 Å². The minimum Gasteiger partial charge on any atom is -0.304 e. The Morgan fingerprint density at radius 1 is 1.10 bits per heavy atom. The van der Waals surface area contributed by atoms with Crippen LogP contribution in [0.15, 0.2) is 24.3 Å². The van der Waals surface area contributed by atoms with Gasteiger partial charge in [0.25, 0.3) is 5.91 Å². The van der Waals surface area contributed by atoms with Crippen molar-refractivity contribution >= 4 is 29.1 Å². The van der Waals surface area contributed by atoms with Crippen molar-refractivity contribution in [1.29, 1.82) is 0 Å². The van der Waals surface area contributed by atoms with Crippen molar-refractivity contribution in [2.45, 2.75) is 12.5 Å². The molecule has 0 radical (unpaired) electrons. The number of anilines is 1. The molecule has 0 spiro atoms. The van der Waals surface area contributed by atoms with Crippen LogP contribution in [0.1, 0.15) is 6.42 Å². The van der Waals surface area contributed by atoms with Gasteiger partial charge in [0.1, 0.15) is 0 Å². The number of rotatable bonds is 2. The topological polar surface area (TPSA) is 43.9 Å². The lowest BCUT2D eigenvalue weighted by atomic mass is 10.2. The summed E-state index contributed by atoms with van der Waals surface area (Å²) in [5.41, 5.74) is 0.491. The second-order valence-electron chi connectivity index (χ2n) is 5.58. The quantitative estimate of drug-likeness (QED) is 0.771. The van der Waals surface area contributed by atoms with Crippen molar-refractivity contribution in [2.24, 2.45) is 0 Å². The molecule has 0 aliphatic carbocycles. The zero-order valence-electron chi connectivity index (χ0n) is 12.0. The fourth-order valence-electron chi connectivity index (χ4n) is 2.92. The van der Waals surface area contributed by atoms with E-state index in [9.17, 15) is 9.59 Å². The maximum atomic E-state index is 12.6. The van der Waals surface area contributed by atoms with Crippen LogP contribution in [0.25, 0.3) is 0 Å². The van der Waals surface area contributed by atoms with Gasteiger partial charge in [-0.3, -0.25) is 14.5 Å². The van der Waals surface area contributed by atoms with Gasteiger partial charge >= 0.3 is 0 Å². The minimum atomic E-state index is -0.345. The van der Waals surface area contributed by atoms with E-state index in [0.29, 0.717) is 10.7 Å². The lowest BCUT2D eigenvalue weighted by Gasteiger charge is -2.35. The first kappa shape index (κ1) is 14.5. The standard InChI is InChI=1S/C15H18ClN3O2/c1-17-6-8-18(9-7-17)13-10-14(20)19(15(13)21)12-5-3-2-4-11(12)16/h2-5,13H,6-10H2,1H3/t13-/m0/s1. The largest absolute Gasteiger partial charge is 0.304 e. The van der Waals surface area contributed by atoms with Gasteiger partial charge in [0.2, 0.25) is 5.91 Å². The number of imide groups is 1. The number of likely N-dealkylation sites (N-methyl/N-ethyl adjacent to an activating group) is 1. The number of carbonyl (C=O) groups excluding carboxylic acids is 2. The van der Waals surface area contributed by atoms with Gasteiger partial charge in [-0.15, -0.1) is 0 Å². The van der Waals surface area contributed by atoms with Gasteiger partial charge in [0.05, 0.1) is 23.2 Å². The second-order valence-corrected chi connectivity index (χ2v) is 5.99. The molecule has 1 atom stereocenters. The monoisotopic (exact) mass is 307 g/mol. The third-order valence-corrected chi connectivity index (χ3v) is 4.51. The van der Waals surface area contributed by atoms with Crippen molar-refractivity contribution in [2.75, 3.05) is 38.1 Å². The van der Waals surface area contributed by atoms with Crippen LogP contribution in [0, 0.1) is 0 Å². The van der Waals surface area contributed by atoms with E-state index in [4.69, 9.17) is 11.6 Å². The number of para-hydroxylation sites is 1. The normalized spacial score (nSPS) is 24.9. The predicted octanol–water partition coefficient (Wildman–Crippen LogP) is 1.22. The van der Waals surface area contributed by atoms with Gasteiger partial charge in [0, 0.05) is 26.2 Å². The zero-order chi connectivity index (χ0) is 15.0. The molecule has 2 fully saturated rings. The van der Waals surface area contributed by atoms with E-state index in [0.717, 1.165) is 26.2 Å². The van der Waals surface area contributed by atoms with Gasteiger partial charge in [-0.05, 0) is 19.2 Å². The molecule has 6 heteroatoms. The molecule has 0 N–H and O–H groups in total. The van der Waals surface area contributed by atoms with E-state index in [2.05, 4.69) is 16.8 Å². The molecular weight excluding hydrogens is 290 g/mol. The van der Waals surface area contributed by atoms with Crippen LogP contribution in [-0.4, -0.2) is 60.9 Å². The SMILES string of the molecule is CN1CCN([C@H]2CC(=O)N(c3ccccc3Cl)C2=O)CC1. The van der Waals surface area contributed by atoms with Crippen molar-refractivity contribution in [1.82, 2.24) is 9.80 Å². The first-order valence-corrected chi connectivity index (χ1v) is 7.49. The first-order chi connectivity index (χ1) is 10.1. The average Bonchev–Trinajstić information content (AvgIpc) is 2.76. The highest BCUT2D eigenvalue weighted by molar-refractivity contribution is 6.36. The Hall–Kier alpha value is -1.43. The van der Waals surface area contributed by atoms with E-state index in [1.165, 1.54) is 4.90 Å². The van der Waals surface area contributed by atoms with Crippen molar-refractivity contribution in [3.63, 3.8) is 0 Å². The van der Waals surface area contributed by atoms with Crippen LogP contribution in [0.4, 0.5) is 5.69 Å². The number of benzene rings is 1. The summed E-state index contributed by atoms with van der Waals surface area (Å²) in [6.45, 7) is 3.47. The molecule has 2 heterocycles. The highest BCUT2D eigenvalue weighted by Gasteiger charge is 2.43. The molecular formula is C15H18ClN3O2. The summed E-state index contributed by atoms with van der Waals surface area (Å²) in [7, 11) is 2.06. The molecule has 2 aliphatic heterocycles. The van der Waals surface area contributed by atoms with Crippen LogP contribution in [0.3, 0.4) is 0 Å². The molecule has 2 aliphatic rings. The zero-order valence-corrected chi connectivity index (χ0v) is 12.7. The van der Waals surface area contributed by atoms with E-state index >= 15 is 0 Å². The highest BCUT2D eigenvalue weighted by Crippen LogP contribution is 2.31. The third-order valence-electron chi connectivity index (χ3n) is 4.19. The van der Waals surface area contributed by atoms with Crippen LogP contribution < -0.4 is 4.90 Å². The van der Waals surface area contributed by atoms with E-state index in [1.807, 2.05) is 0 Å². The molecule has 21 heavy (non-hydrogen) atoms. The second kappa shape index (κ2) is 5.75. The maximum absolute atomic E-state index is 12.6. The Morgan fingerprint density at radius 2 is 1.76 bits per heavy atom. The summed E-state index contributed by atoms with van der Waals surface area (Å²) < 4.78 is 0. The molecule has 112 valence electrons. The van der Waals surface area contributed by atoms with E-state index in [-0.39, 0.29) is 24.3 Å². The van der Waals surface area contributed by atoms with Crippen LogP contribution in [-0.2, 0) is 9.59 Å². The minimum absolute atomic E-state index is 0.155. The molecule has 1 aromatic carbocycles. The van der Waals surface area contributed by atoms with Gasteiger partial charge in [-0.25, -0.2) is 4.90 Å². The Kier molecular flexibility index (Phi) is 3.97. The Balaban J connectivity index is 1.81. The predicted molar refractivity (Wildman–Crippen MR) is 81.4 cm³/mol. The number of halogens is 1. The third kappa shape index (κ3) is 2.69. The molecule has 2 saturated heterocycles. The van der Waals surface area contributed by atoms with Gasteiger partial charge in [0.15, 0.2) is 0 Å². The van der Waals surface area contributed by atoms with E-state index in [1.54, 1.807) is 24.3 Å². The van der Waals surface area contributed by atoms with Crippen molar-refractivity contribution in [3.8, 4) is 0 Å². The maximum Gasteiger partial charge on any atom is 0.251 e. The molecule has 1 aromatic rings. The molecule has 5 nitrogen and oxygen atoms in total. The van der Waals surface area contributed by atoms with Gasteiger partial charge < -0.3 is 4.90 Å². The van der Waals surface area contributed by atoms with Crippen molar-refractivity contribution < 1.29 is 9.59 Å². The fourth-order valence-corrected chi connectivity index (χ4v) is 3.14. The first-order valence-electron chi connectivity index (χ1n) is 7.12. The summed E-state index contributed by atoms with van der Waals surface area (Å²) in [6, 6.07) is 6.63. The number of hydrogen-bond donors (Lipinski definition) is 0. The smallest absolute Gasteiger partial charge is 0.251 e. The summed E-state index contributed by atoms with van der Waals surface area (Å²) >= 11 is 6.12. The molecule has 0 unspecified atom stereocenters. The van der Waals surface area contributed by atoms with Crippen LogP contribution in [0.5, 0.6) is 0 Å². The lowest BCUT2D eigenvalue weighted by Crippen LogP contribution is -2.51. The van der Waals surface area contributed by atoms with Gasteiger partial charge in [-0.1, -0.05) is 23.7 Å².